The zero-order valence-corrected chi connectivity index (χ0v) is 27.2. The fraction of sp³-hybridized carbons (Fsp3) is 0.421. The van der Waals surface area contributed by atoms with Crippen LogP contribution in [0, 0.1) is 6.92 Å². The first kappa shape index (κ1) is 37.3. The van der Waals surface area contributed by atoms with Gasteiger partial charge in [0.25, 0.3) is 0 Å². The molecule has 0 heteroatoms. The Hall–Kier alpha value is -2.86. The zero-order valence-electron chi connectivity index (χ0n) is 27.2. The average molecular weight is 515 g/mol. The lowest BCUT2D eigenvalue weighted by Crippen LogP contribution is -2.20. The maximum absolute atomic E-state index is 4.16. The minimum absolute atomic E-state index is 0.156. The predicted molar refractivity (Wildman–Crippen MR) is 179 cm³/mol. The Balaban J connectivity index is 0. The van der Waals surface area contributed by atoms with Gasteiger partial charge >= 0.3 is 0 Å². The summed E-state index contributed by atoms with van der Waals surface area (Å²) < 4.78 is 0. The summed E-state index contributed by atoms with van der Waals surface area (Å²) in [5.74, 6) is 0. The highest BCUT2D eigenvalue weighted by molar-refractivity contribution is 5.61. The minimum atomic E-state index is 0.156. The van der Waals surface area contributed by atoms with E-state index in [1.807, 2.05) is 52.0 Å². The molecule has 0 amide bonds. The summed E-state index contributed by atoms with van der Waals surface area (Å²) >= 11 is 0. The van der Waals surface area contributed by atoms with Gasteiger partial charge in [0.2, 0.25) is 0 Å². The van der Waals surface area contributed by atoms with Gasteiger partial charge in [-0.25, -0.2) is 0 Å². The van der Waals surface area contributed by atoms with E-state index in [1.165, 1.54) is 39.0 Å². The van der Waals surface area contributed by atoms with E-state index >= 15 is 0 Å². The van der Waals surface area contributed by atoms with Gasteiger partial charge in [0.15, 0.2) is 0 Å². The van der Waals surface area contributed by atoms with E-state index in [4.69, 9.17) is 0 Å². The largest absolute Gasteiger partial charge is 0.103 e. The summed E-state index contributed by atoms with van der Waals surface area (Å²) in [6, 6.07) is 14.9. The van der Waals surface area contributed by atoms with Crippen molar-refractivity contribution in [2.24, 2.45) is 0 Å². The van der Waals surface area contributed by atoms with Crippen LogP contribution < -0.4 is 0 Å². The van der Waals surface area contributed by atoms with Gasteiger partial charge in [-0.3, -0.25) is 0 Å². The molecule has 210 valence electrons. The van der Waals surface area contributed by atoms with Gasteiger partial charge in [-0.2, -0.15) is 0 Å². The first-order valence-corrected chi connectivity index (χ1v) is 14.1. The van der Waals surface area contributed by atoms with Gasteiger partial charge in [-0.05, 0) is 78.3 Å². The minimum Gasteiger partial charge on any atom is -0.103 e. The number of hydrogen-bond acceptors (Lipinski definition) is 0. The molecule has 0 atom stereocenters. The Morgan fingerprint density at radius 2 is 1.24 bits per heavy atom. The van der Waals surface area contributed by atoms with E-state index in [2.05, 4.69) is 118 Å². The van der Waals surface area contributed by atoms with Gasteiger partial charge in [0.05, 0.1) is 0 Å². The summed E-state index contributed by atoms with van der Waals surface area (Å²) in [6.07, 6.45) is 9.11. The highest BCUT2D eigenvalue weighted by Gasteiger charge is 2.24. The van der Waals surface area contributed by atoms with Crippen LogP contribution in [-0.2, 0) is 10.8 Å². The lowest BCUT2D eigenvalue weighted by molar-refractivity contribution is 0.561. The van der Waals surface area contributed by atoms with Crippen LogP contribution >= 0.6 is 0 Å². The van der Waals surface area contributed by atoms with Crippen LogP contribution in [0.1, 0.15) is 117 Å². The van der Waals surface area contributed by atoms with Gasteiger partial charge in [-0.1, -0.05) is 153 Å². The third-order valence-electron chi connectivity index (χ3n) is 5.77. The molecule has 0 nitrogen and oxygen atoms in total. The lowest BCUT2D eigenvalue weighted by Gasteiger charge is -2.29. The van der Waals surface area contributed by atoms with Crippen LogP contribution in [0.25, 0.3) is 12.2 Å². The lowest BCUT2D eigenvalue weighted by atomic mass is 9.75. The standard InChI is InChI=1S/C22H34.C11H12.C3H6.C2H6/c1-11-15(2)16(3)12-18-13-19(21(5,6)7)17(4)20(14-18)22(8,9)10;1-10(2)8-9-11-6-4-3-5-7-11;1-3-2;1-2/h12-14H,2,11H2,1,3-10H3;3-9H,1H2,2H3;3H,1H2,2H3;1-2H3/b16-12+;9-8+;;. The third kappa shape index (κ3) is 14.8. The molecule has 0 saturated carbocycles. The molecule has 0 aliphatic heterocycles. The van der Waals surface area contributed by atoms with Crippen molar-refractivity contribution in [2.45, 2.75) is 107 Å². The van der Waals surface area contributed by atoms with Crippen LogP contribution in [0.5, 0.6) is 0 Å². The van der Waals surface area contributed by atoms with Gasteiger partial charge in [0.1, 0.15) is 0 Å². The van der Waals surface area contributed by atoms with Crippen molar-refractivity contribution in [1.82, 2.24) is 0 Å². The van der Waals surface area contributed by atoms with Crippen LogP contribution in [0.2, 0.25) is 0 Å². The molecule has 0 aliphatic carbocycles. The summed E-state index contributed by atoms with van der Waals surface area (Å²) in [5.41, 5.74) is 10.7. The first-order valence-electron chi connectivity index (χ1n) is 14.1. The summed E-state index contributed by atoms with van der Waals surface area (Å²) in [4.78, 5) is 0. The molecule has 0 bridgehead atoms. The second kappa shape index (κ2) is 18.4. The molecule has 0 unspecified atom stereocenters. The highest BCUT2D eigenvalue weighted by Crippen LogP contribution is 2.35. The molecule has 0 heterocycles. The number of hydrogen-bond donors (Lipinski definition) is 0. The van der Waals surface area contributed by atoms with Crippen LogP contribution in [0.15, 0.2) is 91.1 Å². The smallest absolute Gasteiger partial charge is 0.0129 e. The Morgan fingerprint density at radius 1 is 0.816 bits per heavy atom. The number of rotatable bonds is 5. The molecule has 0 aromatic heterocycles. The first-order chi connectivity index (χ1) is 17.6. The van der Waals surface area contributed by atoms with Crippen LogP contribution in [0.4, 0.5) is 0 Å². The Morgan fingerprint density at radius 3 is 1.58 bits per heavy atom. The topological polar surface area (TPSA) is 0 Å². The van der Waals surface area contributed by atoms with Crippen molar-refractivity contribution in [3.8, 4) is 0 Å². The molecule has 0 aliphatic rings. The second-order valence-electron chi connectivity index (χ2n) is 11.5. The molecule has 2 aromatic rings. The number of allylic oxidation sites excluding steroid dienone is 5. The van der Waals surface area contributed by atoms with Crippen molar-refractivity contribution >= 4 is 12.2 Å². The monoisotopic (exact) mass is 514 g/mol. The quantitative estimate of drug-likeness (QED) is 0.275. The molecule has 0 spiro atoms. The Labute approximate surface area is 238 Å². The van der Waals surface area contributed by atoms with Crippen molar-refractivity contribution in [2.75, 3.05) is 0 Å². The fourth-order valence-electron chi connectivity index (χ4n) is 3.81. The third-order valence-corrected chi connectivity index (χ3v) is 5.77. The maximum atomic E-state index is 4.16. The van der Waals surface area contributed by atoms with E-state index in [-0.39, 0.29) is 10.8 Å². The van der Waals surface area contributed by atoms with E-state index in [0.29, 0.717) is 0 Å². The van der Waals surface area contributed by atoms with Crippen molar-refractivity contribution in [3.63, 3.8) is 0 Å². The highest BCUT2D eigenvalue weighted by atomic mass is 14.3. The molecular weight excluding hydrogens is 456 g/mol. The molecule has 2 rings (SSSR count). The Kier molecular flexibility index (Phi) is 18.1. The van der Waals surface area contributed by atoms with Crippen molar-refractivity contribution in [3.05, 3.63) is 119 Å². The normalized spacial score (nSPS) is 11.2. The zero-order chi connectivity index (χ0) is 30.1. The molecule has 2 aromatic carbocycles. The van der Waals surface area contributed by atoms with Crippen molar-refractivity contribution < 1.29 is 0 Å². The van der Waals surface area contributed by atoms with Crippen molar-refractivity contribution in [1.29, 1.82) is 0 Å². The predicted octanol–water partition coefficient (Wildman–Crippen LogP) is 12.5. The molecular formula is C38H58. The molecule has 0 fully saturated rings. The average Bonchev–Trinajstić information content (AvgIpc) is 2.84. The maximum Gasteiger partial charge on any atom is -0.0129 e. The van der Waals surface area contributed by atoms with Crippen LogP contribution in [0.3, 0.4) is 0 Å². The van der Waals surface area contributed by atoms with Crippen LogP contribution in [-0.4, -0.2) is 0 Å². The van der Waals surface area contributed by atoms with E-state index in [0.717, 1.165) is 12.0 Å². The van der Waals surface area contributed by atoms with Gasteiger partial charge < -0.3 is 0 Å². The van der Waals surface area contributed by atoms with E-state index in [1.54, 1.807) is 6.08 Å². The van der Waals surface area contributed by atoms with E-state index in [9.17, 15) is 0 Å². The van der Waals surface area contributed by atoms with Gasteiger partial charge in [-0.15, -0.1) is 6.58 Å². The summed E-state index contributed by atoms with van der Waals surface area (Å²) in [6.45, 7) is 39.6. The Bertz CT molecular complexity index is 1010. The molecule has 0 saturated heterocycles. The van der Waals surface area contributed by atoms with Gasteiger partial charge in [0, 0.05) is 0 Å². The molecule has 0 radical (unpaired) electrons. The second-order valence-corrected chi connectivity index (χ2v) is 11.5. The summed E-state index contributed by atoms with van der Waals surface area (Å²) in [7, 11) is 0. The number of benzene rings is 2. The molecule has 0 N–H and O–H groups in total. The molecule has 38 heavy (non-hydrogen) atoms. The SMILES string of the molecule is C=C(C)/C=C/c1ccccc1.C=C(CC)/C(C)=C/c1cc(C(C)(C)C)c(C)c(C(C)(C)C)c1.C=CC.CC. The fourth-order valence-corrected chi connectivity index (χ4v) is 3.81. The van der Waals surface area contributed by atoms with E-state index < -0.39 is 0 Å². The summed E-state index contributed by atoms with van der Waals surface area (Å²) in [5, 5.41) is 0.